The molecule has 0 heterocycles. The van der Waals surface area contributed by atoms with Gasteiger partial charge in [-0.3, -0.25) is 0 Å². The van der Waals surface area contributed by atoms with E-state index < -0.39 is 0 Å². The van der Waals surface area contributed by atoms with Gasteiger partial charge in [0.05, 0.1) is 0 Å². The molecule has 0 spiro atoms. The fourth-order valence-corrected chi connectivity index (χ4v) is 6.34. The first-order valence-corrected chi connectivity index (χ1v) is 7.28. The van der Waals surface area contributed by atoms with Crippen LogP contribution in [0.4, 0.5) is 0 Å². The third kappa shape index (κ3) is 1.04. The van der Waals surface area contributed by atoms with Gasteiger partial charge in [0.2, 0.25) is 0 Å². The first-order chi connectivity index (χ1) is 7.28. The summed E-state index contributed by atoms with van der Waals surface area (Å²) in [6.07, 6.45) is 12.8. The van der Waals surface area contributed by atoms with E-state index in [2.05, 4.69) is 6.92 Å². The summed E-state index contributed by atoms with van der Waals surface area (Å²) in [5, 5.41) is 0. The van der Waals surface area contributed by atoms with E-state index in [4.69, 9.17) is 0 Å². The summed E-state index contributed by atoms with van der Waals surface area (Å²) < 4.78 is 0. The fraction of sp³-hybridized carbons (Fsp3) is 1.00. The smallest absolute Gasteiger partial charge is 0.0261 e. The second-order valence-electron chi connectivity index (χ2n) is 7.23. The highest BCUT2D eigenvalue weighted by Crippen LogP contribution is 2.67. The molecule has 4 aliphatic carbocycles. The van der Waals surface area contributed by atoms with Crippen molar-refractivity contribution >= 4 is 0 Å². The maximum absolute atomic E-state index is 2.59. The Labute approximate surface area is 93.8 Å². The Balaban J connectivity index is 1.67. The lowest BCUT2D eigenvalue weighted by molar-refractivity contribution is 0.0660. The Morgan fingerprint density at radius 2 is 1.67 bits per heavy atom. The molecule has 4 fully saturated rings. The normalized spacial score (nSPS) is 61.8. The van der Waals surface area contributed by atoms with Crippen molar-refractivity contribution in [3.05, 3.63) is 0 Å². The molecule has 0 aromatic heterocycles. The minimum absolute atomic E-state index is 0.865. The highest BCUT2D eigenvalue weighted by Gasteiger charge is 2.58. The molecule has 4 bridgehead atoms. The van der Waals surface area contributed by atoms with Gasteiger partial charge in [-0.25, -0.2) is 0 Å². The average molecular weight is 204 g/mol. The van der Waals surface area contributed by atoms with Crippen molar-refractivity contribution in [3.63, 3.8) is 0 Å². The monoisotopic (exact) mass is 204 g/mol. The van der Waals surface area contributed by atoms with Crippen molar-refractivity contribution in [1.82, 2.24) is 0 Å². The summed E-state index contributed by atoms with van der Waals surface area (Å²) in [6.45, 7) is 2.59. The molecule has 4 saturated carbocycles. The maximum atomic E-state index is 2.59. The highest BCUT2D eigenvalue weighted by molar-refractivity contribution is 5.08. The van der Waals surface area contributed by atoms with Gasteiger partial charge in [0, 0.05) is 0 Å². The third-order valence-corrected chi connectivity index (χ3v) is 6.83. The molecule has 0 saturated heterocycles. The average Bonchev–Trinajstić information content (AvgIpc) is 2.95. The fourth-order valence-electron chi connectivity index (χ4n) is 6.34. The second kappa shape index (κ2) is 2.81. The number of fused-ring (bicyclic) bond motifs is 4. The van der Waals surface area contributed by atoms with Crippen LogP contribution >= 0.6 is 0 Å². The van der Waals surface area contributed by atoms with E-state index in [0.29, 0.717) is 0 Å². The summed E-state index contributed by atoms with van der Waals surface area (Å²) in [7, 11) is 0. The molecule has 4 unspecified atom stereocenters. The van der Waals surface area contributed by atoms with Crippen LogP contribution in [-0.4, -0.2) is 0 Å². The van der Waals surface area contributed by atoms with Gasteiger partial charge in [0.25, 0.3) is 0 Å². The van der Waals surface area contributed by atoms with Crippen molar-refractivity contribution in [2.45, 2.75) is 58.3 Å². The van der Waals surface area contributed by atoms with Crippen molar-refractivity contribution in [2.24, 2.45) is 35.0 Å². The van der Waals surface area contributed by atoms with Gasteiger partial charge in [0.15, 0.2) is 0 Å². The molecule has 0 radical (unpaired) electrons. The van der Waals surface area contributed by atoms with Crippen molar-refractivity contribution in [2.75, 3.05) is 0 Å². The molecule has 0 aromatic rings. The molecule has 0 nitrogen and oxygen atoms in total. The SMILES string of the molecule is CC1C2CCC(C2)C1C12CCC(CC1)C2. The van der Waals surface area contributed by atoms with E-state index in [0.717, 1.165) is 35.0 Å². The van der Waals surface area contributed by atoms with Gasteiger partial charge in [0.1, 0.15) is 0 Å². The molecule has 4 atom stereocenters. The molecule has 84 valence electrons. The van der Waals surface area contributed by atoms with Crippen molar-refractivity contribution < 1.29 is 0 Å². The summed E-state index contributed by atoms with van der Waals surface area (Å²) in [5.41, 5.74) is 0.865. The minimum atomic E-state index is 0.865. The van der Waals surface area contributed by atoms with Gasteiger partial charge in [-0.05, 0) is 86.4 Å². The van der Waals surface area contributed by atoms with Crippen molar-refractivity contribution in [3.8, 4) is 0 Å². The lowest BCUT2D eigenvalue weighted by atomic mass is 9.62. The Morgan fingerprint density at radius 3 is 2.20 bits per heavy atom. The molecule has 4 rings (SSSR count). The van der Waals surface area contributed by atoms with E-state index in [1.165, 1.54) is 0 Å². The quantitative estimate of drug-likeness (QED) is 0.599. The van der Waals surface area contributed by atoms with E-state index in [9.17, 15) is 0 Å². The van der Waals surface area contributed by atoms with Crippen molar-refractivity contribution in [1.29, 1.82) is 0 Å². The van der Waals surface area contributed by atoms with E-state index in [1.54, 1.807) is 51.4 Å². The van der Waals surface area contributed by atoms with Gasteiger partial charge in [-0.1, -0.05) is 6.92 Å². The predicted molar refractivity (Wildman–Crippen MR) is 62.5 cm³/mol. The molecular weight excluding hydrogens is 180 g/mol. The van der Waals surface area contributed by atoms with Gasteiger partial charge >= 0.3 is 0 Å². The highest BCUT2D eigenvalue weighted by atomic mass is 14.6. The molecule has 15 heavy (non-hydrogen) atoms. The molecule has 4 aliphatic rings. The zero-order chi connectivity index (χ0) is 10.0. The zero-order valence-corrected chi connectivity index (χ0v) is 10.0. The summed E-state index contributed by atoms with van der Waals surface area (Å²) in [5.74, 6) is 5.68. The van der Waals surface area contributed by atoms with Crippen LogP contribution in [0.5, 0.6) is 0 Å². The van der Waals surface area contributed by atoms with Crippen LogP contribution in [0.25, 0.3) is 0 Å². The Morgan fingerprint density at radius 1 is 0.933 bits per heavy atom. The standard InChI is InChI=1S/C15H24/c1-10-12-2-3-13(8-12)14(10)15-6-4-11(9-15)5-7-15/h10-14H,2-9H2,1H3. The number of rotatable bonds is 1. The molecular formula is C15H24. The predicted octanol–water partition coefficient (Wildman–Crippen LogP) is 4.25. The second-order valence-corrected chi connectivity index (χ2v) is 7.23. The summed E-state index contributed by atoms with van der Waals surface area (Å²) in [4.78, 5) is 0. The zero-order valence-electron chi connectivity index (χ0n) is 10.0. The van der Waals surface area contributed by atoms with Crippen LogP contribution in [0.15, 0.2) is 0 Å². The molecule has 0 N–H and O–H groups in total. The van der Waals surface area contributed by atoms with E-state index in [1.807, 2.05) is 0 Å². The first kappa shape index (κ1) is 9.07. The first-order valence-electron chi connectivity index (χ1n) is 7.28. The van der Waals surface area contributed by atoms with Crippen LogP contribution in [0.3, 0.4) is 0 Å². The maximum Gasteiger partial charge on any atom is -0.0261 e. The molecule has 0 heteroatoms. The van der Waals surface area contributed by atoms with Crippen LogP contribution in [0.1, 0.15) is 58.3 Å². The topological polar surface area (TPSA) is 0 Å². The Kier molecular flexibility index (Phi) is 1.70. The molecule has 0 aliphatic heterocycles. The minimum Gasteiger partial charge on any atom is -0.0619 e. The Bertz CT molecular complexity index is 270. The van der Waals surface area contributed by atoms with Crippen LogP contribution < -0.4 is 0 Å². The summed E-state index contributed by atoms with van der Waals surface area (Å²) in [6, 6.07) is 0. The summed E-state index contributed by atoms with van der Waals surface area (Å²) >= 11 is 0. The van der Waals surface area contributed by atoms with Crippen LogP contribution in [0.2, 0.25) is 0 Å². The van der Waals surface area contributed by atoms with E-state index >= 15 is 0 Å². The van der Waals surface area contributed by atoms with Gasteiger partial charge < -0.3 is 0 Å². The number of hydrogen-bond acceptors (Lipinski definition) is 0. The van der Waals surface area contributed by atoms with Crippen LogP contribution in [0, 0.1) is 35.0 Å². The van der Waals surface area contributed by atoms with Gasteiger partial charge in [-0.15, -0.1) is 0 Å². The molecule has 0 aromatic carbocycles. The number of hydrogen-bond donors (Lipinski definition) is 0. The largest absolute Gasteiger partial charge is 0.0619 e. The van der Waals surface area contributed by atoms with Gasteiger partial charge in [-0.2, -0.15) is 0 Å². The lowest BCUT2D eigenvalue weighted by Gasteiger charge is -2.42. The lowest BCUT2D eigenvalue weighted by Crippen LogP contribution is -2.35. The Hall–Kier alpha value is 0. The van der Waals surface area contributed by atoms with Crippen LogP contribution in [-0.2, 0) is 0 Å². The molecule has 0 amide bonds. The van der Waals surface area contributed by atoms with E-state index in [-0.39, 0.29) is 0 Å². The third-order valence-electron chi connectivity index (χ3n) is 6.83.